The highest BCUT2D eigenvalue weighted by molar-refractivity contribution is 5.95. The number of anilines is 1. The molecule has 2 aromatic rings. The molecule has 0 radical (unpaired) electrons. The van der Waals surface area contributed by atoms with E-state index in [2.05, 4.69) is 10.2 Å². The second-order valence-electron chi connectivity index (χ2n) is 5.32. The molecule has 4 heteroatoms. The Morgan fingerprint density at radius 2 is 1.55 bits per heavy atom. The number of carbonyl (C=O) groups excluding carboxylic acids is 1. The van der Waals surface area contributed by atoms with Crippen molar-refractivity contribution >= 4 is 11.6 Å². The van der Waals surface area contributed by atoms with Gasteiger partial charge in [0.05, 0.1) is 13.2 Å². The van der Waals surface area contributed by atoms with Gasteiger partial charge in [-0.3, -0.25) is 9.69 Å². The second-order valence-corrected chi connectivity index (χ2v) is 5.32. The molecule has 1 amide bonds. The molecule has 2 aromatic carbocycles. The summed E-state index contributed by atoms with van der Waals surface area (Å²) in [5.74, 6) is -0.000648. The van der Waals surface area contributed by atoms with Gasteiger partial charge in [0, 0.05) is 18.8 Å². The number of para-hydroxylation sites is 1. The molecule has 1 aliphatic rings. The van der Waals surface area contributed by atoms with Crippen LogP contribution in [-0.4, -0.2) is 37.1 Å². The minimum atomic E-state index is -0.287. The smallest absolute Gasteiger partial charge is 0.246 e. The van der Waals surface area contributed by atoms with Gasteiger partial charge in [0.2, 0.25) is 5.91 Å². The zero-order valence-electron chi connectivity index (χ0n) is 12.4. The minimum Gasteiger partial charge on any atom is -0.379 e. The maximum Gasteiger partial charge on any atom is 0.246 e. The van der Waals surface area contributed by atoms with Gasteiger partial charge in [-0.05, 0) is 17.7 Å². The summed E-state index contributed by atoms with van der Waals surface area (Å²) in [4.78, 5) is 15.0. The molecule has 3 rings (SSSR count). The van der Waals surface area contributed by atoms with Gasteiger partial charge in [-0.15, -0.1) is 0 Å². The van der Waals surface area contributed by atoms with Crippen molar-refractivity contribution in [3.63, 3.8) is 0 Å². The highest BCUT2D eigenvalue weighted by Gasteiger charge is 2.28. The van der Waals surface area contributed by atoms with E-state index in [0.29, 0.717) is 13.2 Å². The standard InChI is InChI=1S/C18H20N2O2/c21-18(19-16-9-5-2-6-10-16)17(15-7-3-1-4-8-15)20-11-13-22-14-12-20/h1-10,17H,11-14H2,(H,19,21). The molecule has 0 aliphatic carbocycles. The Kier molecular flexibility index (Phi) is 4.83. The van der Waals surface area contributed by atoms with Crippen LogP contribution >= 0.6 is 0 Å². The number of nitrogens with one attached hydrogen (secondary N) is 1. The van der Waals surface area contributed by atoms with Crippen molar-refractivity contribution in [3.8, 4) is 0 Å². The molecule has 1 atom stereocenters. The molecule has 114 valence electrons. The quantitative estimate of drug-likeness (QED) is 0.943. The summed E-state index contributed by atoms with van der Waals surface area (Å²) in [7, 11) is 0. The number of morpholine rings is 1. The zero-order valence-corrected chi connectivity index (χ0v) is 12.4. The molecule has 0 spiro atoms. The topological polar surface area (TPSA) is 41.6 Å². The fourth-order valence-corrected chi connectivity index (χ4v) is 2.73. The van der Waals surface area contributed by atoms with Crippen LogP contribution in [0.5, 0.6) is 0 Å². The predicted octanol–water partition coefficient (Wildman–Crippen LogP) is 2.70. The Hall–Kier alpha value is -2.17. The van der Waals surface area contributed by atoms with Crippen LogP contribution < -0.4 is 5.32 Å². The number of rotatable bonds is 4. The SMILES string of the molecule is O=C(Nc1ccccc1)C(c1ccccc1)N1CCOCC1. The Morgan fingerprint density at radius 3 is 2.18 bits per heavy atom. The molecular weight excluding hydrogens is 276 g/mol. The fraction of sp³-hybridized carbons (Fsp3) is 0.278. The molecule has 1 N–H and O–H groups in total. The molecule has 0 aromatic heterocycles. The van der Waals surface area contributed by atoms with Crippen molar-refractivity contribution in [2.45, 2.75) is 6.04 Å². The van der Waals surface area contributed by atoms with Gasteiger partial charge in [-0.2, -0.15) is 0 Å². The minimum absolute atomic E-state index is 0.000648. The number of amides is 1. The molecule has 1 aliphatic heterocycles. The monoisotopic (exact) mass is 296 g/mol. The lowest BCUT2D eigenvalue weighted by Gasteiger charge is -2.33. The van der Waals surface area contributed by atoms with Crippen LogP contribution in [0.4, 0.5) is 5.69 Å². The maximum absolute atomic E-state index is 12.8. The number of benzene rings is 2. The average Bonchev–Trinajstić information content (AvgIpc) is 2.58. The van der Waals surface area contributed by atoms with Crippen LogP contribution in [0.2, 0.25) is 0 Å². The molecular formula is C18H20N2O2. The lowest BCUT2D eigenvalue weighted by molar-refractivity contribution is -0.123. The van der Waals surface area contributed by atoms with Crippen LogP contribution in [0.1, 0.15) is 11.6 Å². The van der Waals surface area contributed by atoms with Crippen LogP contribution in [0.25, 0.3) is 0 Å². The van der Waals surface area contributed by atoms with Gasteiger partial charge >= 0.3 is 0 Å². The second kappa shape index (κ2) is 7.20. The van der Waals surface area contributed by atoms with E-state index in [9.17, 15) is 4.79 Å². The summed E-state index contributed by atoms with van der Waals surface area (Å²) >= 11 is 0. The molecule has 1 heterocycles. The van der Waals surface area contributed by atoms with E-state index in [0.717, 1.165) is 24.3 Å². The molecule has 4 nitrogen and oxygen atoms in total. The highest BCUT2D eigenvalue weighted by Crippen LogP contribution is 2.23. The summed E-state index contributed by atoms with van der Waals surface area (Å²) in [6.07, 6.45) is 0. The Labute approximate surface area is 130 Å². The first kappa shape index (κ1) is 14.8. The van der Waals surface area contributed by atoms with Crippen molar-refractivity contribution in [2.75, 3.05) is 31.6 Å². The van der Waals surface area contributed by atoms with Crippen molar-refractivity contribution in [2.24, 2.45) is 0 Å². The summed E-state index contributed by atoms with van der Waals surface area (Å²) in [6, 6.07) is 19.2. The molecule has 1 fully saturated rings. The van der Waals surface area contributed by atoms with Crippen molar-refractivity contribution in [1.82, 2.24) is 4.90 Å². The number of hydrogen-bond donors (Lipinski definition) is 1. The van der Waals surface area contributed by atoms with E-state index in [1.165, 1.54) is 0 Å². The third-order valence-electron chi connectivity index (χ3n) is 3.82. The molecule has 0 bridgehead atoms. The van der Waals surface area contributed by atoms with Gasteiger partial charge < -0.3 is 10.1 Å². The third kappa shape index (κ3) is 3.53. The Balaban J connectivity index is 1.82. The summed E-state index contributed by atoms with van der Waals surface area (Å²) in [5, 5.41) is 3.02. The molecule has 1 unspecified atom stereocenters. The summed E-state index contributed by atoms with van der Waals surface area (Å²) in [6.45, 7) is 2.87. The number of carbonyl (C=O) groups is 1. The van der Waals surface area contributed by atoms with Gasteiger partial charge in [0.1, 0.15) is 6.04 Å². The van der Waals surface area contributed by atoms with E-state index in [1.54, 1.807) is 0 Å². The largest absolute Gasteiger partial charge is 0.379 e. The average molecular weight is 296 g/mol. The molecule has 1 saturated heterocycles. The van der Waals surface area contributed by atoms with Crippen molar-refractivity contribution < 1.29 is 9.53 Å². The zero-order chi connectivity index (χ0) is 15.2. The molecule has 22 heavy (non-hydrogen) atoms. The van der Waals surface area contributed by atoms with Gasteiger partial charge in [0.15, 0.2) is 0 Å². The third-order valence-corrected chi connectivity index (χ3v) is 3.82. The summed E-state index contributed by atoms with van der Waals surface area (Å²) in [5.41, 5.74) is 1.83. The maximum atomic E-state index is 12.8. The normalized spacial score (nSPS) is 16.9. The number of ether oxygens (including phenoxy) is 1. The van der Waals surface area contributed by atoms with Gasteiger partial charge in [-0.25, -0.2) is 0 Å². The van der Waals surface area contributed by atoms with Crippen molar-refractivity contribution in [1.29, 1.82) is 0 Å². The lowest BCUT2D eigenvalue weighted by Crippen LogP contribution is -2.43. The van der Waals surface area contributed by atoms with E-state index in [-0.39, 0.29) is 11.9 Å². The van der Waals surface area contributed by atoms with Crippen LogP contribution in [0.3, 0.4) is 0 Å². The van der Waals surface area contributed by atoms with Crippen LogP contribution in [0.15, 0.2) is 60.7 Å². The van der Waals surface area contributed by atoms with E-state index in [1.807, 2.05) is 60.7 Å². The van der Waals surface area contributed by atoms with E-state index < -0.39 is 0 Å². The predicted molar refractivity (Wildman–Crippen MR) is 86.6 cm³/mol. The van der Waals surface area contributed by atoms with Gasteiger partial charge in [-0.1, -0.05) is 48.5 Å². The first-order chi connectivity index (χ1) is 10.8. The van der Waals surface area contributed by atoms with Crippen molar-refractivity contribution in [3.05, 3.63) is 66.2 Å². The highest BCUT2D eigenvalue weighted by atomic mass is 16.5. The van der Waals surface area contributed by atoms with Crippen LogP contribution in [0, 0.1) is 0 Å². The lowest BCUT2D eigenvalue weighted by atomic mass is 10.0. The number of hydrogen-bond acceptors (Lipinski definition) is 3. The van der Waals surface area contributed by atoms with E-state index >= 15 is 0 Å². The Bertz CT molecular complexity index is 595. The first-order valence-corrected chi connectivity index (χ1v) is 7.57. The summed E-state index contributed by atoms with van der Waals surface area (Å²) < 4.78 is 5.41. The fourth-order valence-electron chi connectivity index (χ4n) is 2.73. The van der Waals surface area contributed by atoms with Gasteiger partial charge in [0.25, 0.3) is 0 Å². The van der Waals surface area contributed by atoms with E-state index in [4.69, 9.17) is 4.74 Å². The first-order valence-electron chi connectivity index (χ1n) is 7.57. The Morgan fingerprint density at radius 1 is 0.955 bits per heavy atom. The number of nitrogens with zero attached hydrogens (tertiary/aromatic N) is 1. The van der Waals surface area contributed by atoms with Crippen LogP contribution in [-0.2, 0) is 9.53 Å². The molecule has 0 saturated carbocycles.